The van der Waals surface area contributed by atoms with Crippen molar-refractivity contribution >= 4 is 27.3 Å². The Hall–Kier alpha value is -0.650. The maximum absolute atomic E-state index is 5.55. The summed E-state index contributed by atoms with van der Waals surface area (Å²) in [4.78, 5) is 4.36. The van der Waals surface area contributed by atoms with Crippen LogP contribution in [0.1, 0.15) is 43.1 Å². The quantitative estimate of drug-likeness (QED) is 0.894. The molecule has 2 heterocycles. The van der Waals surface area contributed by atoms with Gasteiger partial charge in [0.2, 0.25) is 0 Å². The minimum Gasteiger partial charge on any atom is -0.453 e. The number of hydrogen-bond donors (Lipinski definition) is 1. The molecule has 17 heavy (non-hydrogen) atoms. The minimum atomic E-state index is 0.176. The molecule has 0 radical (unpaired) electrons. The number of furan rings is 1. The van der Waals surface area contributed by atoms with Crippen LogP contribution >= 0.6 is 27.3 Å². The molecule has 5 heteroatoms. The molecule has 0 bridgehead atoms. The van der Waals surface area contributed by atoms with Crippen molar-refractivity contribution in [1.29, 1.82) is 0 Å². The van der Waals surface area contributed by atoms with Crippen LogP contribution in [-0.4, -0.2) is 4.98 Å². The minimum absolute atomic E-state index is 0.176. The number of hydrogen-bond acceptors (Lipinski definition) is 4. The predicted molar refractivity (Wildman–Crippen MR) is 73.1 cm³/mol. The fraction of sp³-hybridized carbons (Fsp3) is 0.417. The molecular formula is C12H15BrN2OS. The molecule has 2 unspecified atom stereocenters. The third-order valence-electron chi connectivity index (χ3n) is 2.63. The highest BCUT2D eigenvalue weighted by Gasteiger charge is 2.17. The van der Waals surface area contributed by atoms with Crippen molar-refractivity contribution in [2.45, 2.75) is 32.4 Å². The van der Waals surface area contributed by atoms with E-state index in [1.54, 1.807) is 11.3 Å². The van der Waals surface area contributed by atoms with E-state index in [9.17, 15) is 0 Å². The van der Waals surface area contributed by atoms with E-state index in [0.717, 1.165) is 21.9 Å². The lowest BCUT2D eigenvalue weighted by Gasteiger charge is -2.19. The topological polar surface area (TPSA) is 38.1 Å². The van der Waals surface area contributed by atoms with E-state index in [2.05, 4.69) is 40.1 Å². The van der Waals surface area contributed by atoms with E-state index in [4.69, 9.17) is 4.42 Å². The zero-order valence-corrected chi connectivity index (χ0v) is 12.2. The maximum Gasteiger partial charge on any atom is 0.169 e. The standard InChI is InChI=1S/C12H15BrN2OS/c1-3-9(12-14-6-7-17-12)15-8(2)10-4-5-11(13)16-10/h4-9,15H,3H2,1-2H3. The maximum atomic E-state index is 5.55. The van der Waals surface area contributed by atoms with Gasteiger partial charge in [-0.15, -0.1) is 11.3 Å². The van der Waals surface area contributed by atoms with Crippen LogP contribution in [0.4, 0.5) is 0 Å². The normalized spacial score (nSPS) is 14.8. The third-order valence-corrected chi connectivity index (χ3v) is 3.95. The Kier molecular flexibility index (Phi) is 4.36. The fourth-order valence-corrected chi connectivity index (χ4v) is 2.82. The Morgan fingerprint density at radius 3 is 2.88 bits per heavy atom. The van der Waals surface area contributed by atoms with Crippen LogP contribution in [0.5, 0.6) is 0 Å². The average Bonchev–Trinajstić information content (AvgIpc) is 2.96. The van der Waals surface area contributed by atoms with Crippen LogP contribution in [-0.2, 0) is 0 Å². The van der Waals surface area contributed by atoms with Crippen molar-refractivity contribution in [2.24, 2.45) is 0 Å². The van der Waals surface area contributed by atoms with Gasteiger partial charge >= 0.3 is 0 Å². The molecule has 0 spiro atoms. The van der Waals surface area contributed by atoms with Gasteiger partial charge in [-0.1, -0.05) is 6.92 Å². The number of nitrogens with one attached hydrogen (secondary N) is 1. The van der Waals surface area contributed by atoms with Gasteiger partial charge in [0, 0.05) is 11.6 Å². The Balaban J connectivity index is 2.04. The summed E-state index contributed by atoms with van der Waals surface area (Å²) in [7, 11) is 0. The van der Waals surface area contributed by atoms with Gasteiger partial charge in [-0.2, -0.15) is 0 Å². The lowest BCUT2D eigenvalue weighted by molar-refractivity contribution is 0.379. The smallest absolute Gasteiger partial charge is 0.169 e. The summed E-state index contributed by atoms with van der Waals surface area (Å²) in [6.07, 6.45) is 2.86. The Labute approximate surface area is 113 Å². The lowest BCUT2D eigenvalue weighted by atomic mass is 10.2. The van der Waals surface area contributed by atoms with Crippen molar-refractivity contribution in [3.63, 3.8) is 0 Å². The van der Waals surface area contributed by atoms with Gasteiger partial charge in [-0.05, 0) is 41.4 Å². The monoisotopic (exact) mass is 314 g/mol. The molecule has 2 atom stereocenters. The molecule has 0 amide bonds. The van der Waals surface area contributed by atoms with Crippen molar-refractivity contribution in [3.8, 4) is 0 Å². The van der Waals surface area contributed by atoms with Gasteiger partial charge in [-0.25, -0.2) is 4.98 Å². The highest BCUT2D eigenvalue weighted by molar-refractivity contribution is 9.10. The second-order valence-electron chi connectivity index (χ2n) is 3.86. The number of aromatic nitrogens is 1. The van der Waals surface area contributed by atoms with Crippen LogP contribution in [0.25, 0.3) is 0 Å². The largest absolute Gasteiger partial charge is 0.453 e. The van der Waals surface area contributed by atoms with Crippen molar-refractivity contribution in [1.82, 2.24) is 10.3 Å². The predicted octanol–water partition coefficient (Wildman–Crippen LogP) is 4.30. The van der Waals surface area contributed by atoms with Crippen LogP contribution in [0.15, 0.2) is 32.8 Å². The first-order valence-electron chi connectivity index (χ1n) is 5.61. The highest BCUT2D eigenvalue weighted by Crippen LogP contribution is 2.25. The number of thiazole rings is 1. The van der Waals surface area contributed by atoms with E-state index in [1.807, 2.05) is 23.7 Å². The average molecular weight is 315 g/mol. The number of rotatable bonds is 5. The summed E-state index contributed by atoms with van der Waals surface area (Å²) in [6.45, 7) is 4.26. The summed E-state index contributed by atoms with van der Waals surface area (Å²) in [6, 6.07) is 4.36. The van der Waals surface area contributed by atoms with Gasteiger partial charge in [-0.3, -0.25) is 5.32 Å². The molecule has 2 aromatic heterocycles. The molecule has 0 aliphatic carbocycles. The molecule has 92 valence electrons. The summed E-state index contributed by atoms with van der Waals surface area (Å²) in [5.41, 5.74) is 0. The van der Waals surface area contributed by atoms with E-state index in [1.165, 1.54) is 0 Å². The summed E-state index contributed by atoms with van der Waals surface area (Å²) in [5, 5.41) is 6.67. The van der Waals surface area contributed by atoms with E-state index in [-0.39, 0.29) is 12.1 Å². The van der Waals surface area contributed by atoms with Crippen LogP contribution < -0.4 is 5.32 Å². The van der Waals surface area contributed by atoms with E-state index in [0.29, 0.717) is 0 Å². The molecule has 0 aromatic carbocycles. The summed E-state index contributed by atoms with van der Waals surface area (Å²) >= 11 is 5.00. The first-order valence-corrected chi connectivity index (χ1v) is 7.28. The molecule has 0 aliphatic rings. The van der Waals surface area contributed by atoms with Gasteiger partial charge in [0.1, 0.15) is 10.8 Å². The SMILES string of the molecule is CCC(NC(C)c1ccc(Br)o1)c1nccs1. The van der Waals surface area contributed by atoms with Crippen molar-refractivity contribution < 1.29 is 4.42 Å². The Bertz CT molecular complexity index is 455. The van der Waals surface area contributed by atoms with Gasteiger partial charge < -0.3 is 4.42 Å². The lowest BCUT2D eigenvalue weighted by Crippen LogP contribution is -2.23. The van der Waals surface area contributed by atoms with Crippen molar-refractivity contribution in [2.75, 3.05) is 0 Å². The Morgan fingerprint density at radius 2 is 2.35 bits per heavy atom. The Morgan fingerprint density at radius 1 is 1.53 bits per heavy atom. The van der Waals surface area contributed by atoms with Crippen molar-refractivity contribution in [3.05, 3.63) is 39.1 Å². The second kappa shape index (κ2) is 5.80. The second-order valence-corrected chi connectivity index (χ2v) is 5.57. The zero-order valence-electron chi connectivity index (χ0n) is 9.81. The molecular weight excluding hydrogens is 300 g/mol. The third kappa shape index (κ3) is 3.18. The van der Waals surface area contributed by atoms with Gasteiger partial charge in [0.25, 0.3) is 0 Å². The molecule has 1 N–H and O–H groups in total. The molecule has 3 nitrogen and oxygen atoms in total. The number of halogens is 1. The first kappa shape index (κ1) is 12.8. The molecule has 0 fully saturated rings. The van der Waals surface area contributed by atoms with Crippen LogP contribution in [0.2, 0.25) is 0 Å². The number of nitrogens with zero attached hydrogens (tertiary/aromatic N) is 1. The van der Waals surface area contributed by atoms with E-state index >= 15 is 0 Å². The van der Waals surface area contributed by atoms with E-state index < -0.39 is 0 Å². The fourth-order valence-electron chi connectivity index (χ4n) is 1.72. The molecule has 2 rings (SSSR count). The van der Waals surface area contributed by atoms with Crippen LogP contribution in [0.3, 0.4) is 0 Å². The summed E-state index contributed by atoms with van der Waals surface area (Å²) in [5.74, 6) is 0.937. The molecule has 0 saturated carbocycles. The zero-order chi connectivity index (χ0) is 12.3. The highest BCUT2D eigenvalue weighted by atomic mass is 79.9. The van der Waals surface area contributed by atoms with Gasteiger partial charge in [0.05, 0.1) is 12.1 Å². The molecule has 0 aliphatic heterocycles. The molecule has 0 saturated heterocycles. The van der Waals surface area contributed by atoms with Gasteiger partial charge in [0.15, 0.2) is 4.67 Å². The van der Waals surface area contributed by atoms with Crippen LogP contribution in [0, 0.1) is 0 Å². The first-order chi connectivity index (χ1) is 8.20. The summed E-state index contributed by atoms with van der Waals surface area (Å²) < 4.78 is 6.31. The molecule has 2 aromatic rings.